The molecule has 0 spiro atoms. The van der Waals surface area contributed by atoms with Crippen molar-refractivity contribution in [2.24, 2.45) is 0 Å². The molecule has 0 unspecified atom stereocenters. The van der Waals surface area contributed by atoms with Gasteiger partial charge in [0.15, 0.2) is 0 Å². The van der Waals surface area contributed by atoms with E-state index in [0.717, 1.165) is 21.7 Å². The monoisotopic (exact) mass is 283 g/mol. The Morgan fingerprint density at radius 1 is 1.10 bits per heavy atom. The number of hydrogen-bond acceptors (Lipinski definition) is 6. The number of rotatable bonds is 4. The average molecular weight is 283 g/mol. The van der Waals surface area contributed by atoms with E-state index in [1.165, 1.54) is 11.5 Å². The number of nitrogens with two attached hydrogens (primary N) is 1. The molecule has 5 nitrogen and oxygen atoms in total. The van der Waals surface area contributed by atoms with Crippen molar-refractivity contribution in [1.29, 1.82) is 0 Å². The fourth-order valence-electron chi connectivity index (χ4n) is 1.91. The molecule has 0 bridgehead atoms. The van der Waals surface area contributed by atoms with Crippen LogP contribution in [0, 0.1) is 0 Å². The molecule has 0 aromatic carbocycles. The van der Waals surface area contributed by atoms with E-state index in [2.05, 4.69) is 19.7 Å². The van der Waals surface area contributed by atoms with Crippen molar-refractivity contribution in [3.8, 4) is 11.1 Å². The predicted octanol–water partition coefficient (Wildman–Crippen LogP) is 2.79. The SMILES string of the molecule is Nc1nsc(NCc2cccnc2)c1-c1ccncc1. The first-order chi connectivity index (χ1) is 9.84. The van der Waals surface area contributed by atoms with Crippen LogP contribution in [0.3, 0.4) is 0 Å². The van der Waals surface area contributed by atoms with Crippen LogP contribution in [0.15, 0.2) is 49.1 Å². The average Bonchev–Trinajstić information content (AvgIpc) is 2.88. The van der Waals surface area contributed by atoms with Crippen LogP contribution in [0.4, 0.5) is 10.8 Å². The van der Waals surface area contributed by atoms with Gasteiger partial charge in [0.1, 0.15) is 10.8 Å². The molecule has 0 atom stereocenters. The maximum absolute atomic E-state index is 5.97. The lowest BCUT2D eigenvalue weighted by Gasteiger charge is -2.07. The van der Waals surface area contributed by atoms with Gasteiger partial charge in [-0.15, -0.1) is 0 Å². The maximum atomic E-state index is 5.97. The molecule has 0 aliphatic heterocycles. The van der Waals surface area contributed by atoms with E-state index < -0.39 is 0 Å². The molecule has 0 amide bonds. The van der Waals surface area contributed by atoms with Crippen LogP contribution in [0.1, 0.15) is 5.56 Å². The highest BCUT2D eigenvalue weighted by molar-refractivity contribution is 7.11. The molecule has 20 heavy (non-hydrogen) atoms. The Balaban J connectivity index is 1.85. The highest BCUT2D eigenvalue weighted by Crippen LogP contribution is 2.36. The highest BCUT2D eigenvalue weighted by atomic mass is 32.1. The zero-order valence-corrected chi connectivity index (χ0v) is 11.5. The largest absolute Gasteiger partial charge is 0.382 e. The summed E-state index contributed by atoms with van der Waals surface area (Å²) >= 11 is 1.36. The molecule has 3 aromatic rings. The van der Waals surface area contributed by atoms with E-state index in [-0.39, 0.29) is 0 Å². The molecular formula is C14H13N5S. The summed E-state index contributed by atoms with van der Waals surface area (Å²) in [6.07, 6.45) is 7.09. The summed E-state index contributed by atoms with van der Waals surface area (Å²) in [6.45, 7) is 0.688. The Morgan fingerprint density at radius 3 is 2.70 bits per heavy atom. The van der Waals surface area contributed by atoms with Crippen molar-refractivity contribution in [3.05, 3.63) is 54.6 Å². The van der Waals surface area contributed by atoms with E-state index in [9.17, 15) is 0 Å². The van der Waals surface area contributed by atoms with Gasteiger partial charge in [0.05, 0.1) is 5.56 Å². The third kappa shape index (κ3) is 2.60. The first-order valence-electron chi connectivity index (χ1n) is 6.13. The van der Waals surface area contributed by atoms with Crippen molar-refractivity contribution < 1.29 is 0 Å². The van der Waals surface area contributed by atoms with E-state index in [1.807, 2.05) is 30.5 Å². The number of aromatic nitrogens is 3. The summed E-state index contributed by atoms with van der Waals surface area (Å²) in [5.74, 6) is 0.537. The van der Waals surface area contributed by atoms with Crippen LogP contribution in [-0.2, 0) is 6.54 Å². The van der Waals surface area contributed by atoms with Crippen molar-refractivity contribution >= 4 is 22.4 Å². The molecule has 3 aromatic heterocycles. The summed E-state index contributed by atoms with van der Waals surface area (Å²) < 4.78 is 4.23. The molecule has 0 aliphatic rings. The van der Waals surface area contributed by atoms with Gasteiger partial charge in [-0.05, 0) is 40.9 Å². The quantitative estimate of drug-likeness (QED) is 0.770. The molecule has 0 radical (unpaired) electrons. The third-order valence-corrected chi connectivity index (χ3v) is 3.68. The lowest BCUT2D eigenvalue weighted by atomic mass is 10.1. The fraction of sp³-hybridized carbons (Fsp3) is 0.0714. The zero-order chi connectivity index (χ0) is 13.8. The normalized spacial score (nSPS) is 10.4. The van der Waals surface area contributed by atoms with E-state index in [4.69, 9.17) is 5.73 Å². The molecule has 0 aliphatic carbocycles. The second-order valence-corrected chi connectivity index (χ2v) is 5.00. The van der Waals surface area contributed by atoms with Gasteiger partial charge in [-0.2, -0.15) is 4.37 Å². The summed E-state index contributed by atoms with van der Waals surface area (Å²) in [5, 5.41) is 4.32. The Hall–Kier alpha value is -2.47. The lowest BCUT2D eigenvalue weighted by molar-refractivity contribution is 1.12. The minimum atomic E-state index is 0.537. The van der Waals surface area contributed by atoms with Crippen LogP contribution < -0.4 is 11.1 Å². The smallest absolute Gasteiger partial charge is 0.147 e. The van der Waals surface area contributed by atoms with Crippen LogP contribution in [-0.4, -0.2) is 14.3 Å². The van der Waals surface area contributed by atoms with Gasteiger partial charge in [0.25, 0.3) is 0 Å². The number of nitrogen functional groups attached to an aromatic ring is 1. The van der Waals surface area contributed by atoms with Gasteiger partial charge in [0, 0.05) is 31.3 Å². The van der Waals surface area contributed by atoms with Gasteiger partial charge in [-0.3, -0.25) is 9.97 Å². The van der Waals surface area contributed by atoms with E-state index in [1.54, 1.807) is 18.6 Å². The Labute approximate surface area is 120 Å². The standard InChI is InChI=1S/C14H13N5S/c15-13-12(11-3-6-16-7-4-11)14(20-19-13)18-9-10-2-1-5-17-8-10/h1-8,18H,9H2,(H2,15,19). The van der Waals surface area contributed by atoms with Crippen molar-refractivity contribution in [2.45, 2.75) is 6.54 Å². The molecule has 3 N–H and O–H groups in total. The summed E-state index contributed by atoms with van der Waals surface area (Å²) in [4.78, 5) is 8.12. The second kappa shape index (κ2) is 5.66. The summed E-state index contributed by atoms with van der Waals surface area (Å²) in [7, 11) is 0. The lowest BCUT2D eigenvalue weighted by Crippen LogP contribution is -1.99. The third-order valence-electron chi connectivity index (χ3n) is 2.86. The number of nitrogens with zero attached hydrogens (tertiary/aromatic N) is 3. The van der Waals surface area contributed by atoms with Gasteiger partial charge in [-0.25, -0.2) is 0 Å². The Morgan fingerprint density at radius 2 is 1.95 bits per heavy atom. The Bertz CT molecular complexity index is 681. The summed E-state index contributed by atoms with van der Waals surface area (Å²) in [5.41, 5.74) is 9.03. The van der Waals surface area contributed by atoms with Gasteiger partial charge < -0.3 is 11.1 Å². The van der Waals surface area contributed by atoms with Crippen molar-refractivity contribution in [2.75, 3.05) is 11.1 Å². The van der Waals surface area contributed by atoms with Crippen molar-refractivity contribution in [1.82, 2.24) is 14.3 Å². The van der Waals surface area contributed by atoms with E-state index in [0.29, 0.717) is 12.4 Å². The zero-order valence-electron chi connectivity index (χ0n) is 10.7. The number of anilines is 2. The van der Waals surface area contributed by atoms with E-state index >= 15 is 0 Å². The number of nitrogens with one attached hydrogen (secondary N) is 1. The van der Waals surface area contributed by atoms with Gasteiger partial charge in [0.2, 0.25) is 0 Å². The molecule has 3 heterocycles. The van der Waals surface area contributed by atoms with Crippen LogP contribution in [0.25, 0.3) is 11.1 Å². The predicted molar refractivity (Wildman–Crippen MR) is 81.3 cm³/mol. The first kappa shape index (κ1) is 12.6. The first-order valence-corrected chi connectivity index (χ1v) is 6.90. The maximum Gasteiger partial charge on any atom is 0.147 e. The topological polar surface area (TPSA) is 76.7 Å². The molecule has 6 heteroatoms. The molecule has 0 saturated heterocycles. The molecular weight excluding hydrogens is 270 g/mol. The minimum Gasteiger partial charge on any atom is -0.382 e. The second-order valence-electron chi connectivity index (χ2n) is 4.22. The summed E-state index contributed by atoms with van der Waals surface area (Å²) in [6, 6.07) is 7.79. The molecule has 0 saturated carbocycles. The van der Waals surface area contributed by atoms with Crippen molar-refractivity contribution in [3.63, 3.8) is 0 Å². The van der Waals surface area contributed by atoms with Gasteiger partial charge in [-0.1, -0.05) is 6.07 Å². The fourth-order valence-corrected chi connectivity index (χ4v) is 2.64. The van der Waals surface area contributed by atoms with Crippen LogP contribution >= 0.6 is 11.5 Å². The Kier molecular flexibility index (Phi) is 3.56. The minimum absolute atomic E-state index is 0.537. The molecule has 100 valence electrons. The number of hydrogen-bond donors (Lipinski definition) is 2. The highest BCUT2D eigenvalue weighted by Gasteiger charge is 2.13. The molecule has 3 rings (SSSR count). The molecule has 0 fully saturated rings. The van der Waals surface area contributed by atoms with Gasteiger partial charge >= 0.3 is 0 Å². The van der Waals surface area contributed by atoms with Crippen LogP contribution in [0.5, 0.6) is 0 Å². The number of pyridine rings is 2. The van der Waals surface area contributed by atoms with Crippen LogP contribution in [0.2, 0.25) is 0 Å².